The lowest BCUT2D eigenvalue weighted by molar-refractivity contribution is 0.106. The quantitative estimate of drug-likeness (QED) is 0.397. The van der Waals surface area contributed by atoms with Gasteiger partial charge < -0.3 is 5.21 Å². The van der Waals surface area contributed by atoms with Crippen LogP contribution in [0.15, 0.2) is 52.6 Å². The summed E-state index contributed by atoms with van der Waals surface area (Å²) in [7, 11) is 0. The minimum Gasteiger partial charge on any atom is -0.410 e. The topological polar surface area (TPSA) is 62.0 Å². The molecule has 0 unspecified atom stereocenters. The first-order valence-corrected chi connectivity index (χ1v) is 8.35. The molecule has 0 aromatic heterocycles. The van der Waals surface area contributed by atoms with Gasteiger partial charge in [0.2, 0.25) is 5.78 Å². The normalized spacial score (nSPS) is 16.2. The number of fused-ring (bicyclic) bond motifs is 1. The van der Waals surface area contributed by atoms with E-state index in [1.54, 1.807) is 24.3 Å². The summed E-state index contributed by atoms with van der Waals surface area (Å²) >= 11 is 0. The molecule has 4 heteroatoms. The molecule has 0 saturated heterocycles. The van der Waals surface area contributed by atoms with Gasteiger partial charge in [0, 0.05) is 11.1 Å². The van der Waals surface area contributed by atoms with Crippen LogP contribution in [0.25, 0.3) is 0 Å². The van der Waals surface area contributed by atoms with Gasteiger partial charge in [-0.15, -0.1) is 0 Å². The van der Waals surface area contributed by atoms with Crippen LogP contribution >= 0.6 is 0 Å². The lowest BCUT2D eigenvalue weighted by Crippen LogP contribution is -2.35. The summed E-state index contributed by atoms with van der Waals surface area (Å²) < 4.78 is 0. The lowest BCUT2D eigenvalue weighted by Gasteiger charge is -2.29. The zero-order valence-corrected chi connectivity index (χ0v) is 15.0. The van der Waals surface area contributed by atoms with E-state index in [-0.39, 0.29) is 17.0 Å². The largest absolute Gasteiger partial charge is 0.410 e. The summed E-state index contributed by atoms with van der Waals surface area (Å²) in [6.07, 6.45) is 0.783. The molecule has 1 N–H and O–H groups in total. The van der Waals surface area contributed by atoms with Crippen LogP contribution in [0.4, 0.5) is 0 Å². The average molecular weight is 334 g/mol. The van der Waals surface area contributed by atoms with E-state index in [1.165, 1.54) is 5.56 Å². The van der Waals surface area contributed by atoms with E-state index >= 15 is 0 Å². The molecule has 2 aromatic carbocycles. The minimum absolute atomic E-state index is 0.0107. The number of rotatable bonds is 3. The lowest BCUT2D eigenvalue weighted by atomic mass is 9.83. The van der Waals surface area contributed by atoms with E-state index in [1.807, 2.05) is 32.9 Å². The Morgan fingerprint density at radius 3 is 2.40 bits per heavy atom. The molecule has 3 rings (SSSR count). The number of carbonyl (C=O) groups is 1. The first-order valence-electron chi connectivity index (χ1n) is 8.35. The predicted molar refractivity (Wildman–Crippen MR) is 100 cm³/mol. The van der Waals surface area contributed by atoms with Crippen molar-refractivity contribution in [1.82, 2.24) is 0 Å². The monoisotopic (exact) mass is 334 g/mol. The fourth-order valence-electron chi connectivity index (χ4n) is 3.22. The molecule has 0 fully saturated rings. The number of nitrogens with zero attached hydrogens (tertiary/aromatic N) is 2. The van der Waals surface area contributed by atoms with Crippen molar-refractivity contribution >= 4 is 17.2 Å². The van der Waals surface area contributed by atoms with Gasteiger partial charge >= 0.3 is 0 Å². The molecule has 0 radical (unpaired) electrons. The molecule has 0 amide bonds. The Hall–Kier alpha value is -2.75. The molecule has 0 spiro atoms. The molecule has 0 saturated carbocycles. The first-order chi connectivity index (χ1) is 11.8. The van der Waals surface area contributed by atoms with E-state index in [0.717, 1.165) is 23.1 Å². The van der Waals surface area contributed by atoms with Crippen LogP contribution in [-0.2, 0) is 6.42 Å². The average Bonchev–Trinajstić information content (AvgIpc) is 2.57. The molecule has 128 valence electrons. The zero-order valence-electron chi connectivity index (χ0n) is 15.0. The molecule has 0 bridgehead atoms. The molecule has 1 aliphatic rings. The van der Waals surface area contributed by atoms with Crippen molar-refractivity contribution in [3.05, 3.63) is 70.3 Å². The van der Waals surface area contributed by atoms with Gasteiger partial charge in [-0.25, -0.2) is 0 Å². The van der Waals surface area contributed by atoms with Crippen molar-refractivity contribution in [3.63, 3.8) is 0 Å². The van der Waals surface area contributed by atoms with Crippen LogP contribution in [0.5, 0.6) is 0 Å². The number of aryl methyl sites for hydroxylation is 2. The van der Waals surface area contributed by atoms with Gasteiger partial charge in [0.05, 0.1) is 11.3 Å². The number of hydrogen-bond acceptors (Lipinski definition) is 4. The second-order valence-electron chi connectivity index (χ2n) is 7.19. The van der Waals surface area contributed by atoms with Gasteiger partial charge in [-0.05, 0) is 56.9 Å². The Labute approximate surface area is 147 Å². The van der Waals surface area contributed by atoms with Crippen molar-refractivity contribution in [2.45, 2.75) is 39.7 Å². The van der Waals surface area contributed by atoms with Gasteiger partial charge in [-0.2, -0.15) is 0 Å². The number of benzene rings is 2. The Balaban J connectivity index is 2.15. The molecule has 1 heterocycles. The molecule has 0 aliphatic carbocycles. The third-order valence-electron chi connectivity index (χ3n) is 4.59. The van der Waals surface area contributed by atoms with Crippen molar-refractivity contribution in [2.24, 2.45) is 10.1 Å². The second kappa shape index (κ2) is 6.28. The maximum atomic E-state index is 12.9. The zero-order chi connectivity index (χ0) is 18.2. The van der Waals surface area contributed by atoms with Crippen LogP contribution in [0, 0.1) is 13.8 Å². The summed E-state index contributed by atoms with van der Waals surface area (Å²) in [5, 5.41) is 13.0. The van der Waals surface area contributed by atoms with Crippen molar-refractivity contribution < 1.29 is 10.0 Å². The number of aliphatic imine (C=N–C) groups is 1. The Bertz CT molecular complexity index is 894. The van der Waals surface area contributed by atoms with E-state index in [4.69, 9.17) is 4.99 Å². The molecule has 25 heavy (non-hydrogen) atoms. The van der Waals surface area contributed by atoms with Crippen molar-refractivity contribution in [2.75, 3.05) is 0 Å². The van der Waals surface area contributed by atoms with E-state index in [9.17, 15) is 10.0 Å². The second-order valence-corrected chi connectivity index (χ2v) is 7.19. The standard InChI is InChI=1S/C21H22N2O2/c1-13-10-16-12-21(3,4)22-18(17(16)11-14(13)2)19(23-25)20(24)15-8-6-5-7-9-15/h5-11,25H,12H2,1-4H3/b23-19-. The summed E-state index contributed by atoms with van der Waals surface area (Å²) in [5.74, 6) is -0.330. The molecular formula is C21H22N2O2. The summed E-state index contributed by atoms with van der Waals surface area (Å²) in [6.45, 7) is 8.15. The van der Waals surface area contributed by atoms with Gasteiger partial charge in [-0.1, -0.05) is 41.6 Å². The summed E-state index contributed by atoms with van der Waals surface area (Å²) in [5.41, 5.74) is 4.89. The van der Waals surface area contributed by atoms with Gasteiger partial charge in [0.15, 0.2) is 5.71 Å². The third-order valence-corrected chi connectivity index (χ3v) is 4.59. The molecule has 2 aromatic rings. The predicted octanol–water partition coefficient (Wildman–Crippen LogP) is 4.14. The highest BCUT2D eigenvalue weighted by Gasteiger charge is 2.32. The maximum Gasteiger partial charge on any atom is 0.216 e. The molecular weight excluding hydrogens is 312 g/mol. The van der Waals surface area contributed by atoms with E-state index in [0.29, 0.717) is 11.3 Å². The van der Waals surface area contributed by atoms with Crippen LogP contribution in [-0.4, -0.2) is 28.0 Å². The van der Waals surface area contributed by atoms with Gasteiger partial charge in [0.25, 0.3) is 0 Å². The number of ketones is 1. The van der Waals surface area contributed by atoms with Gasteiger partial charge in [-0.3, -0.25) is 9.79 Å². The smallest absolute Gasteiger partial charge is 0.216 e. The Kier molecular flexibility index (Phi) is 4.29. The first kappa shape index (κ1) is 17.1. The fraction of sp³-hybridized carbons (Fsp3) is 0.286. The van der Waals surface area contributed by atoms with Crippen LogP contribution < -0.4 is 0 Å². The number of carbonyl (C=O) groups excluding carboxylic acids is 1. The number of hydrogen-bond donors (Lipinski definition) is 1. The molecule has 0 atom stereocenters. The fourth-order valence-corrected chi connectivity index (χ4v) is 3.22. The molecule has 4 nitrogen and oxygen atoms in total. The van der Waals surface area contributed by atoms with Crippen molar-refractivity contribution in [1.29, 1.82) is 0 Å². The Morgan fingerprint density at radius 1 is 1.12 bits per heavy atom. The maximum absolute atomic E-state index is 12.9. The number of Topliss-reactive ketones (excluding diaryl/α,β-unsaturated/α-hetero) is 1. The third kappa shape index (κ3) is 3.25. The minimum atomic E-state index is -0.364. The van der Waals surface area contributed by atoms with E-state index < -0.39 is 0 Å². The van der Waals surface area contributed by atoms with Crippen LogP contribution in [0.3, 0.4) is 0 Å². The summed E-state index contributed by atoms with van der Waals surface area (Å²) in [6, 6.07) is 13.0. The SMILES string of the molecule is Cc1cc2c(cc1C)C(/C(=N/O)C(=O)c1ccccc1)=NC(C)(C)C2. The highest BCUT2D eigenvalue weighted by atomic mass is 16.4. The highest BCUT2D eigenvalue weighted by Crippen LogP contribution is 2.30. The highest BCUT2D eigenvalue weighted by molar-refractivity contribution is 6.73. The van der Waals surface area contributed by atoms with E-state index in [2.05, 4.69) is 18.1 Å². The van der Waals surface area contributed by atoms with Gasteiger partial charge in [0.1, 0.15) is 0 Å². The summed E-state index contributed by atoms with van der Waals surface area (Å²) in [4.78, 5) is 17.6. The van der Waals surface area contributed by atoms with Crippen LogP contribution in [0.2, 0.25) is 0 Å². The van der Waals surface area contributed by atoms with Crippen molar-refractivity contribution in [3.8, 4) is 0 Å². The number of oxime groups is 1. The molecule has 1 aliphatic heterocycles. The van der Waals surface area contributed by atoms with Crippen LogP contribution in [0.1, 0.15) is 46.5 Å². The Morgan fingerprint density at radius 2 is 1.76 bits per heavy atom.